The summed E-state index contributed by atoms with van der Waals surface area (Å²) in [6, 6.07) is 3.45. The van der Waals surface area contributed by atoms with Crippen molar-refractivity contribution in [3.63, 3.8) is 0 Å². The quantitative estimate of drug-likeness (QED) is 0.844. The molecular formula is C11H9F3N4OS. The van der Waals surface area contributed by atoms with Gasteiger partial charge >= 0.3 is 6.18 Å². The van der Waals surface area contributed by atoms with Crippen LogP contribution in [0.3, 0.4) is 0 Å². The summed E-state index contributed by atoms with van der Waals surface area (Å²) in [5.41, 5.74) is 4.66. The van der Waals surface area contributed by atoms with E-state index < -0.39 is 11.7 Å². The third-order valence-electron chi connectivity index (χ3n) is 2.45. The lowest BCUT2D eigenvalue weighted by Crippen LogP contribution is -2.18. The highest BCUT2D eigenvalue weighted by Crippen LogP contribution is 2.33. The van der Waals surface area contributed by atoms with Crippen molar-refractivity contribution in [1.82, 2.24) is 10.1 Å². The molecule has 0 amide bonds. The maximum absolute atomic E-state index is 12.8. The lowest BCUT2D eigenvalue weighted by atomic mass is 10.1. The van der Waals surface area contributed by atoms with Crippen molar-refractivity contribution < 1.29 is 17.7 Å². The number of nitrogens with zero attached hydrogens (tertiary/aromatic N) is 2. The normalized spacial score (nSPS) is 11.3. The van der Waals surface area contributed by atoms with Crippen LogP contribution in [-0.2, 0) is 12.7 Å². The van der Waals surface area contributed by atoms with Gasteiger partial charge in [-0.25, -0.2) is 0 Å². The predicted molar refractivity (Wildman–Crippen MR) is 69.0 cm³/mol. The molecule has 2 rings (SSSR count). The Morgan fingerprint density at radius 3 is 2.70 bits per heavy atom. The molecule has 0 fully saturated rings. The molecule has 0 aliphatic carbocycles. The fraction of sp³-hybridized carbons (Fsp3) is 0.182. The maximum atomic E-state index is 12.8. The molecule has 9 heteroatoms. The summed E-state index contributed by atoms with van der Waals surface area (Å²) in [5.74, 6) is 0.377. The fourth-order valence-corrected chi connectivity index (χ4v) is 1.73. The number of hydrogen-bond acceptors (Lipinski definition) is 5. The number of halogens is 3. The molecule has 1 heterocycles. The topological polar surface area (TPSA) is 77.0 Å². The van der Waals surface area contributed by atoms with Crippen LogP contribution in [-0.4, -0.2) is 15.1 Å². The van der Waals surface area contributed by atoms with Crippen molar-refractivity contribution in [1.29, 1.82) is 0 Å². The Bertz CT molecular complexity index is 613. The van der Waals surface area contributed by atoms with E-state index in [-0.39, 0.29) is 17.1 Å². The molecule has 0 radical (unpaired) electrons. The predicted octanol–water partition coefficient (Wildman–Crippen LogP) is 2.33. The van der Waals surface area contributed by atoms with Gasteiger partial charge in [0, 0.05) is 11.3 Å². The zero-order chi connectivity index (χ0) is 14.8. The fourth-order valence-electron chi connectivity index (χ4n) is 1.56. The number of rotatable bonds is 4. The van der Waals surface area contributed by atoms with Crippen molar-refractivity contribution in [2.45, 2.75) is 12.7 Å². The third kappa shape index (κ3) is 3.23. The SMILES string of the molecule is NC(=S)c1cc(NCc2ncon2)ccc1C(F)(F)F. The number of benzene rings is 1. The Labute approximate surface area is 117 Å². The number of nitrogens with two attached hydrogens (primary N) is 1. The molecule has 0 saturated carbocycles. The average molecular weight is 302 g/mol. The van der Waals surface area contributed by atoms with Gasteiger partial charge in [0.05, 0.1) is 12.1 Å². The average Bonchev–Trinajstić information content (AvgIpc) is 2.88. The lowest BCUT2D eigenvalue weighted by molar-refractivity contribution is -0.137. The first-order valence-electron chi connectivity index (χ1n) is 5.38. The van der Waals surface area contributed by atoms with E-state index in [0.29, 0.717) is 11.5 Å². The first-order chi connectivity index (χ1) is 9.38. The molecule has 0 aliphatic heterocycles. The minimum Gasteiger partial charge on any atom is -0.389 e. The molecule has 1 aromatic carbocycles. The zero-order valence-corrected chi connectivity index (χ0v) is 10.8. The molecule has 0 atom stereocenters. The third-order valence-corrected chi connectivity index (χ3v) is 2.67. The number of alkyl halides is 3. The molecule has 3 N–H and O–H groups in total. The summed E-state index contributed by atoms with van der Waals surface area (Å²) in [4.78, 5) is 3.46. The summed E-state index contributed by atoms with van der Waals surface area (Å²) in [6.07, 6.45) is -3.35. The number of hydrogen-bond donors (Lipinski definition) is 2. The van der Waals surface area contributed by atoms with Crippen LogP contribution in [0.25, 0.3) is 0 Å². The van der Waals surface area contributed by atoms with E-state index in [1.54, 1.807) is 0 Å². The summed E-state index contributed by atoms with van der Waals surface area (Å²) in [5, 5.41) is 6.42. The standard InChI is InChI=1S/C11H9F3N4OS/c12-11(13,14)8-2-1-6(3-7(8)10(15)20)16-4-9-17-5-19-18-9/h1-3,5,16H,4H2,(H2,15,20). The van der Waals surface area contributed by atoms with Gasteiger partial charge in [-0.15, -0.1) is 0 Å². The van der Waals surface area contributed by atoms with Gasteiger partial charge < -0.3 is 15.6 Å². The first kappa shape index (κ1) is 14.3. The highest BCUT2D eigenvalue weighted by Gasteiger charge is 2.34. The van der Waals surface area contributed by atoms with Gasteiger partial charge in [-0.2, -0.15) is 18.2 Å². The Balaban J connectivity index is 2.24. The number of aromatic nitrogens is 2. The van der Waals surface area contributed by atoms with Gasteiger partial charge in [-0.3, -0.25) is 0 Å². The van der Waals surface area contributed by atoms with Gasteiger partial charge in [0.2, 0.25) is 6.39 Å². The Hall–Kier alpha value is -2.16. The van der Waals surface area contributed by atoms with Crippen LogP contribution in [0.2, 0.25) is 0 Å². The summed E-state index contributed by atoms with van der Waals surface area (Å²) in [6.45, 7) is 0.207. The van der Waals surface area contributed by atoms with Crippen LogP contribution >= 0.6 is 12.2 Å². The summed E-state index contributed by atoms with van der Waals surface area (Å²) < 4.78 is 42.9. The van der Waals surface area contributed by atoms with Crippen LogP contribution in [0.5, 0.6) is 0 Å². The minimum atomic E-state index is -4.51. The van der Waals surface area contributed by atoms with E-state index in [9.17, 15) is 13.2 Å². The van der Waals surface area contributed by atoms with E-state index in [2.05, 4.69) is 32.2 Å². The maximum Gasteiger partial charge on any atom is 0.417 e. The van der Waals surface area contributed by atoms with E-state index in [0.717, 1.165) is 12.5 Å². The second-order valence-electron chi connectivity index (χ2n) is 3.82. The molecule has 0 spiro atoms. The van der Waals surface area contributed by atoms with Crippen molar-refractivity contribution >= 4 is 22.9 Å². The highest BCUT2D eigenvalue weighted by atomic mass is 32.1. The molecule has 0 bridgehead atoms. The van der Waals surface area contributed by atoms with Crippen LogP contribution in [0, 0.1) is 0 Å². The summed E-state index contributed by atoms with van der Waals surface area (Å²) >= 11 is 4.65. The second-order valence-corrected chi connectivity index (χ2v) is 4.26. The monoisotopic (exact) mass is 302 g/mol. The van der Waals surface area contributed by atoms with E-state index in [1.807, 2.05) is 0 Å². The number of anilines is 1. The molecule has 0 saturated heterocycles. The number of thiocarbonyl (C=S) groups is 1. The van der Waals surface area contributed by atoms with E-state index >= 15 is 0 Å². The first-order valence-corrected chi connectivity index (χ1v) is 5.79. The van der Waals surface area contributed by atoms with Gasteiger partial charge in [0.1, 0.15) is 4.99 Å². The molecule has 5 nitrogen and oxygen atoms in total. The van der Waals surface area contributed by atoms with Gasteiger partial charge in [0.25, 0.3) is 0 Å². The minimum absolute atomic E-state index is 0.207. The molecule has 0 unspecified atom stereocenters. The molecular weight excluding hydrogens is 293 g/mol. The van der Waals surface area contributed by atoms with Gasteiger partial charge in [0.15, 0.2) is 5.82 Å². The smallest absolute Gasteiger partial charge is 0.389 e. The molecule has 1 aromatic heterocycles. The lowest BCUT2D eigenvalue weighted by Gasteiger charge is -2.14. The van der Waals surface area contributed by atoms with E-state index in [1.165, 1.54) is 12.1 Å². The Kier molecular flexibility index (Phi) is 3.89. The molecule has 20 heavy (non-hydrogen) atoms. The van der Waals surface area contributed by atoms with Gasteiger partial charge in [-0.05, 0) is 18.2 Å². The number of nitrogens with one attached hydrogen (secondary N) is 1. The van der Waals surface area contributed by atoms with Crippen LogP contribution in [0.1, 0.15) is 17.0 Å². The highest BCUT2D eigenvalue weighted by molar-refractivity contribution is 7.80. The molecule has 0 aliphatic rings. The van der Waals surface area contributed by atoms with Crippen LogP contribution in [0.4, 0.5) is 18.9 Å². The molecule has 2 aromatic rings. The van der Waals surface area contributed by atoms with Crippen molar-refractivity contribution in [3.8, 4) is 0 Å². The summed E-state index contributed by atoms with van der Waals surface area (Å²) in [7, 11) is 0. The van der Waals surface area contributed by atoms with Crippen molar-refractivity contribution in [3.05, 3.63) is 41.5 Å². The van der Waals surface area contributed by atoms with Crippen LogP contribution in [0.15, 0.2) is 29.1 Å². The van der Waals surface area contributed by atoms with Crippen LogP contribution < -0.4 is 11.1 Å². The molecule has 106 valence electrons. The Morgan fingerprint density at radius 2 is 2.15 bits per heavy atom. The Morgan fingerprint density at radius 1 is 1.40 bits per heavy atom. The van der Waals surface area contributed by atoms with Crippen molar-refractivity contribution in [2.24, 2.45) is 5.73 Å². The van der Waals surface area contributed by atoms with Crippen molar-refractivity contribution in [2.75, 3.05) is 5.32 Å². The van der Waals surface area contributed by atoms with E-state index in [4.69, 9.17) is 5.73 Å². The largest absolute Gasteiger partial charge is 0.417 e. The second kappa shape index (κ2) is 5.45. The zero-order valence-electron chi connectivity index (χ0n) is 9.94. The van der Waals surface area contributed by atoms with Gasteiger partial charge in [-0.1, -0.05) is 17.4 Å².